The molecule has 2 aromatic carbocycles. The molecule has 5 nitrogen and oxygen atoms in total. The summed E-state index contributed by atoms with van der Waals surface area (Å²) in [5.74, 6) is 0. The van der Waals surface area contributed by atoms with Crippen molar-refractivity contribution in [2.45, 2.75) is 56.5 Å². The zero-order valence-corrected chi connectivity index (χ0v) is 18.8. The molecule has 0 bridgehead atoms. The Morgan fingerprint density at radius 1 is 1.12 bits per heavy atom. The Hall–Kier alpha value is -2.58. The number of rotatable bonds is 5. The van der Waals surface area contributed by atoms with Crippen molar-refractivity contribution in [1.29, 1.82) is 0 Å². The predicted octanol–water partition coefficient (Wildman–Crippen LogP) is 5.24. The molecule has 178 valence electrons. The van der Waals surface area contributed by atoms with Gasteiger partial charge in [-0.1, -0.05) is 42.0 Å². The average molecular weight is 463 g/mol. The normalized spacial score (nSPS) is 26.5. The lowest BCUT2D eigenvalue weighted by Gasteiger charge is -2.49. The Morgan fingerprint density at radius 2 is 1.88 bits per heavy atom. The van der Waals surface area contributed by atoms with Gasteiger partial charge < -0.3 is 20.1 Å². The summed E-state index contributed by atoms with van der Waals surface area (Å²) in [4.78, 5) is 11.8. The largest absolute Gasteiger partial charge is 0.449 e. The van der Waals surface area contributed by atoms with Crippen LogP contribution in [0.25, 0.3) is 0 Å². The number of carbonyl (C=O) groups is 1. The molecule has 0 aliphatic carbocycles. The number of hydrogen-bond acceptors (Lipinski definition) is 4. The molecule has 2 saturated heterocycles. The fourth-order valence-corrected chi connectivity index (χ4v) is 4.73. The van der Waals surface area contributed by atoms with Crippen LogP contribution in [0.4, 0.5) is 18.0 Å². The molecule has 2 aliphatic heterocycles. The fraction of sp³-hybridized carbons (Fsp3) is 0.480. The number of benzene rings is 2. The molecule has 2 fully saturated rings. The number of alkyl carbamates (subject to hydrolysis) is 1. The number of cyclic esters (lactones) is 1. The van der Waals surface area contributed by atoms with Crippen molar-refractivity contribution in [3.05, 3.63) is 70.8 Å². The first-order chi connectivity index (χ1) is 15.6. The molecule has 2 aliphatic rings. The Labute approximate surface area is 191 Å². The lowest BCUT2D eigenvalue weighted by Crippen LogP contribution is -2.66. The van der Waals surface area contributed by atoms with E-state index in [0.29, 0.717) is 30.7 Å². The molecular weight excluding hydrogens is 433 g/mol. The number of carbonyl (C=O) groups excluding carboxylic acids is 1. The minimum Gasteiger partial charge on any atom is -0.449 e. The average Bonchev–Trinajstić information content (AvgIpc) is 2.78. The lowest BCUT2D eigenvalue weighted by atomic mass is 9.75. The predicted molar refractivity (Wildman–Crippen MR) is 118 cm³/mol. The topological polar surface area (TPSA) is 59.6 Å². The maximum absolute atomic E-state index is 13.3. The summed E-state index contributed by atoms with van der Waals surface area (Å²) < 4.78 is 51.1. The van der Waals surface area contributed by atoms with Gasteiger partial charge >= 0.3 is 12.3 Å². The van der Waals surface area contributed by atoms with Crippen molar-refractivity contribution in [2.24, 2.45) is 0 Å². The standard InChI is InChI=1S/C25H29F3N2O3/c1-17-12-19(14-21(13-17)25(26,27)28)18(2)33-16-24(20-6-4-3-5-7-20)9-8-23(15-29-24)10-11-32-22(31)30-23/h3-7,12-14,18,29H,8-11,15-16H2,1-2H3,(H,30,31). The van der Waals surface area contributed by atoms with Crippen LogP contribution in [0.3, 0.4) is 0 Å². The van der Waals surface area contributed by atoms with Crippen molar-refractivity contribution < 1.29 is 27.4 Å². The van der Waals surface area contributed by atoms with E-state index in [1.54, 1.807) is 19.9 Å². The minimum absolute atomic E-state index is 0.286. The molecule has 0 aromatic heterocycles. The van der Waals surface area contributed by atoms with Gasteiger partial charge in [0.15, 0.2) is 0 Å². The highest BCUT2D eigenvalue weighted by atomic mass is 19.4. The van der Waals surface area contributed by atoms with Crippen LogP contribution in [0.5, 0.6) is 0 Å². The van der Waals surface area contributed by atoms with E-state index in [1.165, 1.54) is 0 Å². The molecule has 33 heavy (non-hydrogen) atoms. The maximum Gasteiger partial charge on any atom is 0.416 e. The molecule has 2 N–H and O–H groups in total. The molecule has 0 saturated carbocycles. The molecule has 4 rings (SSSR count). The SMILES string of the molecule is Cc1cc(C(C)OCC2(c3ccccc3)CCC3(CCOC(=O)N3)CN2)cc(C(F)(F)F)c1. The summed E-state index contributed by atoms with van der Waals surface area (Å²) >= 11 is 0. The monoisotopic (exact) mass is 462 g/mol. The van der Waals surface area contributed by atoms with Gasteiger partial charge in [-0.3, -0.25) is 0 Å². The van der Waals surface area contributed by atoms with Gasteiger partial charge in [-0.2, -0.15) is 13.2 Å². The molecule has 2 heterocycles. The number of halogens is 3. The number of hydrogen-bond donors (Lipinski definition) is 2. The third kappa shape index (κ3) is 5.17. The summed E-state index contributed by atoms with van der Waals surface area (Å²) in [6.45, 7) is 4.65. The number of ether oxygens (including phenoxy) is 2. The zero-order valence-electron chi connectivity index (χ0n) is 18.8. The maximum atomic E-state index is 13.3. The molecule has 3 atom stereocenters. The van der Waals surface area contributed by atoms with E-state index in [2.05, 4.69) is 10.6 Å². The quantitative estimate of drug-likeness (QED) is 0.638. The number of aryl methyl sites for hydroxylation is 1. The van der Waals surface area contributed by atoms with Crippen molar-refractivity contribution in [3.63, 3.8) is 0 Å². The molecule has 8 heteroatoms. The van der Waals surface area contributed by atoms with Crippen LogP contribution in [0.2, 0.25) is 0 Å². The van der Waals surface area contributed by atoms with Gasteiger partial charge in [-0.15, -0.1) is 0 Å². The van der Waals surface area contributed by atoms with Crippen LogP contribution in [-0.2, 0) is 21.2 Å². The summed E-state index contributed by atoms with van der Waals surface area (Å²) in [6.07, 6.45) is -3.17. The van der Waals surface area contributed by atoms with Gasteiger partial charge in [0, 0.05) is 13.0 Å². The van der Waals surface area contributed by atoms with Crippen LogP contribution < -0.4 is 10.6 Å². The summed E-state index contributed by atoms with van der Waals surface area (Å²) in [7, 11) is 0. The van der Waals surface area contributed by atoms with Crippen molar-refractivity contribution >= 4 is 6.09 Å². The highest BCUT2D eigenvalue weighted by Gasteiger charge is 2.46. The number of amides is 1. The van der Waals surface area contributed by atoms with Crippen LogP contribution in [0.15, 0.2) is 48.5 Å². The van der Waals surface area contributed by atoms with Gasteiger partial charge in [0.25, 0.3) is 0 Å². The molecular formula is C25H29F3N2O3. The highest BCUT2D eigenvalue weighted by Crippen LogP contribution is 2.38. The Kier molecular flexibility index (Phi) is 6.42. The summed E-state index contributed by atoms with van der Waals surface area (Å²) in [5, 5.41) is 6.58. The van der Waals surface area contributed by atoms with Gasteiger partial charge in [-0.05, 0) is 49.9 Å². The summed E-state index contributed by atoms with van der Waals surface area (Å²) in [5.41, 5.74) is 0.539. The van der Waals surface area contributed by atoms with E-state index in [9.17, 15) is 18.0 Å². The summed E-state index contributed by atoms with van der Waals surface area (Å²) in [6, 6.07) is 13.9. The van der Waals surface area contributed by atoms with Crippen molar-refractivity contribution in [1.82, 2.24) is 10.6 Å². The first-order valence-corrected chi connectivity index (χ1v) is 11.2. The van der Waals surface area contributed by atoms with E-state index in [1.807, 2.05) is 30.3 Å². The Balaban J connectivity index is 1.53. The fourth-order valence-electron chi connectivity index (χ4n) is 4.73. The van der Waals surface area contributed by atoms with Gasteiger partial charge in [0.1, 0.15) is 0 Å². The van der Waals surface area contributed by atoms with E-state index < -0.39 is 29.5 Å². The van der Waals surface area contributed by atoms with Gasteiger partial charge in [-0.25, -0.2) is 4.79 Å². The second-order valence-corrected chi connectivity index (χ2v) is 9.18. The van der Waals surface area contributed by atoms with Crippen molar-refractivity contribution in [2.75, 3.05) is 19.8 Å². The van der Waals surface area contributed by atoms with Crippen LogP contribution >= 0.6 is 0 Å². The second-order valence-electron chi connectivity index (χ2n) is 9.18. The highest BCUT2D eigenvalue weighted by molar-refractivity contribution is 5.69. The van der Waals surface area contributed by atoms with Crippen LogP contribution in [0.1, 0.15) is 54.5 Å². The van der Waals surface area contributed by atoms with E-state index >= 15 is 0 Å². The zero-order chi connectivity index (χ0) is 23.7. The number of alkyl halides is 3. The van der Waals surface area contributed by atoms with E-state index in [0.717, 1.165) is 30.5 Å². The third-order valence-corrected chi connectivity index (χ3v) is 6.78. The van der Waals surface area contributed by atoms with E-state index in [4.69, 9.17) is 9.47 Å². The lowest BCUT2D eigenvalue weighted by molar-refractivity contribution is -0.137. The molecule has 2 aromatic rings. The minimum atomic E-state index is -4.40. The van der Waals surface area contributed by atoms with Gasteiger partial charge in [0.05, 0.1) is 36.0 Å². The Bertz CT molecular complexity index is 986. The number of piperidine rings is 1. The molecule has 3 unspecified atom stereocenters. The number of nitrogens with one attached hydrogen (secondary N) is 2. The van der Waals surface area contributed by atoms with Crippen LogP contribution in [0, 0.1) is 6.92 Å². The Morgan fingerprint density at radius 3 is 2.52 bits per heavy atom. The molecule has 0 radical (unpaired) electrons. The molecule has 1 spiro atoms. The smallest absolute Gasteiger partial charge is 0.416 e. The van der Waals surface area contributed by atoms with Crippen LogP contribution in [-0.4, -0.2) is 31.4 Å². The molecule has 1 amide bonds. The third-order valence-electron chi connectivity index (χ3n) is 6.78. The first-order valence-electron chi connectivity index (χ1n) is 11.2. The van der Waals surface area contributed by atoms with Gasteiger partial charge in [0.2, 0.25) is 0 Å². The second kappa shape index (κ2) is 8.99. The van der Waals surface area contributed by atoms with E-state index in [-0.39, 0.29) is 12.1 Å². The van der Waals surface area contributed by atoms with Crippen molar-refractivity contribution in [3.8, 4) is 0 Å². The first kappa shape index (κ1) is 23.6.